The van der Waals surface area contributed by atoms with Gasteiger partial charge in [0.2, 0.25) is 0 Å². The topological polar surface area (TPSA) is 39.2 Å². The van der Waals surface area contributed by atoms with Gasteiger partial charge in [0.1, 0.15) is 5.82 Å². The number of nitrogens with zero attached hydrogens (tertiary/aromatic N) is 1. The number of cyclic esters (lactones) is 1. The molecule has 0 bridgehead atoms. The van der Waals surface area contributed by atoms with Crippen LogP contribution in [0.1, 0.15) is 22.7 Å². The Morgan fingerprint density at radius 2 is 2.00 bits per heavy atom. The third kappa shape index (κ3) is 3.52. The monoisotopic (exact) mass is 419 g/mol. The molecule has 0 spiro atoms. The van der Waals surface area contributed by atoms with Gasteiger partial charge in [-0.2, -0.15) is 0 Å². The zero-order valence-electron chi connectivity index (χ0n) is 16.1. The van der Waals surface area contributed by atoms with Crippen LogP contribution in [0, 0.1) is 17.7 Å². The van der Waals surface area contributed by atoms with E-state index in [4.69, 9.17) is 16.3 Å². The molecule has 1 aliphatic heterocycles. The van der Waals surface area contributed by atoms with Gasteiger partial charge >= 0.3 is 5.97 Å². The van der Waals surface area contributed by atoms with E-state index in [1.807, 2.05) is 54.7 Å². The third-order valence-corrected chi connectivity index (χ3v) is 6.26. The van der Waals surface area contributed by atoms with Gasteiger partial charge in [0.05, 0.1) is 18.2 Å². The Hall–Kier alpha value is -2.98. The zero-order valence-corrected chi connectivity index (χ0v) is 16.9. The quantitative estimate of drug-likeness (QED) is 0.512. The van der Waals surface area contributed by atoms with Crippen LogP contribution in [-0.2, 0) is 16.0 Å². The van der Waals surface area contributed by atoms with Crippen molar-refractivity contribution in [3.8, 4) is 11.1 Å². The maximum atomic E-state index is 13.8. The fourth-order valence-electron chi connectivity index (χ4n) is 4.50. The Bertz CT molecular complexity index is 1140. The standard InChI is InChI=1S/C25H19ClFNO2/c26-18-3-1-2-15(10-18)16-4-6-20(28-13-16)7-9-22-21-8-5-19(27)11-17(21)12-23-24(22)14-30-25(23)29/h1-11,13,22-24H,12,14H2/b9-7+/t22-,23-,24+/m0/s1. The number of rotatable bonds is 3. The number of hydrogen-bond acceptors (Lipinski definition) is 3. The molecule has 0 saturated carbocycles. The van der Waals surface area contributed by atoms with Crippen molar-refractivity contribution < 1.29 is 13.9 Å². The van der Waals surface area contributed by atoms with E-state index in [1.165, 1.54) is 12.1 Å². The van der Waals surface area contributed by atoms with E-state index in [2.05, 4.69) is 11.1 Å². The molecular weight excluding hydrogens is 401 g/mol. The van der Waals surface area contributed by atoms with Crippen LogP contribution >= 0.6 is 11.6 Å². The summed E-state index contributed by atoms with van der Waals surface area (Å²) in [4.78, 5) is 16.7. The summed E-state index contributed by atoms with van der Waals surface area (Å²) >= 11 is 6.08. The van der Waals surface area contributed by atoms with Gasteiger partial charge < -0.3 is 4.74 Å². The molecule has 150 valence electrons. The van der Waals surface area contributed by atoms with Crippen LogP contribution < -0.4 is 0 Å². The molecule has 5 rings (SSSR count). The molecule has 1 saturated heterocycles. The molecule has 0 N–H and O–H groups in total. The van der Waals surface area contributed by atoms with Crippen LogP contribution in [0.2, 0.25) is 5.02 Å². The lowest BCUT2D eigenvalue weighted by molar-refractivity contribution is -0.141. The number of aromatic nitrogens is 1. The van der Waals surface area contributed by atoms with E-state index < -0.39 is 0 Å². The molecular formula is C25H19ClFNO2. The van der Waals surface area contributed by atoms with Crippen LogP contribution in [-0.4, -0.2) is 17.6 Å². The maximum absolute atomic E-state index is 13.8. The molecule has 2 aromatic carbocycles. The summed E-state index contributed by atoms with van der Waals surface area (Å²) < 4.78 is 19.1. The maximum Gasteiger partial charge on any atom is 0.309 e. The van der Waals surface area contributed by atoms with Gasteiger partial charge in [-0.1, -0.05) is 41.9 Å². The molecule has 5 heteroatoms. The summed E-state index contributed by atoms with van der Waals surface area (Å²) in [5.41, 5.74) is 4.76. The predicted molar refractivity (Wildman–Crippen MR) is 115 cm³/mol. The number of allylic oxidation sites excluding steroid dienone is 1. The first kappa shape index (κ1) is 19.0. The van der Waals surface area contributed by atoms with Crippen molar-refractivity contribution in [2.24, 2.45) is 11.8 Å². The molecule has 3 nitrogen and oxygen atoms in total. The average molecular weight is 420 g/mol. The highest BCUT2D eigenvalue weighted by atomic mass is 35.5. The normalized spacial score (nSPS) is 22.6. The summed E-state index contributed by atoms with van der Waals surface area (Å²) in [6.45, 7) is 0.399. The van der Waals surface area contributed by atoms with Crippen molar-refractivity contribution in [1.82, 2.24) is 4.98 Å². The smallest absolute Gasteiger partial charge is 0.309 e. The lowest BCUT2D eigenvalue weighted by Crippen LogP contribution is -2.29. The SMILES string of the molecule is O=C1OC[C@H]2[C@@H]1Cc1cc(F)ccc1[C@@H]2/C=C/c1ccc(-c2cccc(Cl)c2)cn1. The molecule has 0 amide bonds. The van der Waals surface area contributed by atoms with Crippen molar-refractivity contribution in [2.45, 2.75) is 12.3 Å². The van der Waals surface area contributed by atoms with Gasteiger partial charge in [0.15, 0.2) is 0 Å². The van der Waals surface area contributed by atoms with Crippen molar-refractivity contribution in [3.63, 3.8) is 0 Å². The molecule has 3 aromatic rings. The van der Waals surface area contributed by atoms with Crippen LogP contribution in [0.3, 0.4) is 0 Å². The number of hydrogen-bond donors (Lipinski definition) is 0. The van der Waals surface area contributed by atoms with Gasteiger partial charge in [0, 0.05) is 28.6 Å². The van der Waals surface area contributed by atoms with Gasteiger partial charge in [-0.15, -0.1) is 0 Å². The summed E-state index contributed by atoms with van der Waals surface area (Å²) in [5.74, 6) is -0.623. The molecule has 1 aliphatic carbocycles. The highest BCUT2D eigenvalue weighted by Crippen LogP contribution is 2.44. The minimum atomic E-state index is -0.278. The lowest BCUT2D eigenvalue weighted by atomic mass is 9.70. The second-order valence-corrected chi connectivity index (χ2v) is 8.25. The predicted octanol–water partition coefficient (Wildman–Crippen LogP) is 5.68. The summed E-state index contributed by atoms with van der Waals surface area (Å²) in [5, 5.41) is 0.687. The number of carbonyl (C=O) groups excluding carboxylic acids is 1. The van der Waals surface area contributed by atoms with Crippen LogP contribution in [0.4, 0.5) is 4.39 Å². The third-order valence-electron chi connectivity index (χ3n) is 6.02. The van der Waals surface area contributed by atoms with Gasteiger partial charge in [-0.05, 0) is 59.5 Å². The van der Waals surface area contributed by atoms with E-state index >= 15 is 0 Å². The summed E-state index contributed by atoms with van der Waals surface area (Å²) in [6.07, 6.45) is 6.38. The highest BCUT2D eigenvalue weighted by Gasteiger charge is 2.45. The Balaban J connectivity index is 1.43. The molecule has 0 radical (unpaired) electrons. The number of benzene rings is 2. The van der Waals surface area contributed by atoms with E-state index in [9.17, 15) is 9.18 Å². The minimum Gasteiger partial charge on any atom is -0.465 e. The molecule has 1 aromatic heterocycles. The first-order chi connectivity index (χ1) is 14.6. The molecule has 1 fully saturated rings. The van der Waals surface area contributed by atoms with E-state index in [0.717, 1.165) is 27.9 Å². The Morgan fingerprint density at radius 3 is 2.80 bits per heavy atom. The number of fused-ring (bicyclic) bond motifs is 2. The largest absolute Gasteiger partial charge is 0.465 e. The lowest BCUT2D eigenvalue weighted by Gasteiger charge is -2.31. The fourth-order valence-corrected chi connectivity index (χ4v) is 4.69. The first-order valence-corrected chi connectivity index (χ1v) is 10.3. The van der Waals surface area contributed by atoms with E-state index in [1.54, 1.807) is 0 Å². The molecule has 30 heavy (non-hydrogen) atoms. The van der Waals surface area contributed by atoms with E-state index in [-0.39, 0.29) is 29.5 Å². The van der Waals surface area contributed by atoms with Gasteiger partial charge in [-0.25, -0.2) is 4.39 Å². The minimum absolute atomic E-state index is 0.0137. The summed E-state index contributed by atoms with van der Waals surface area (Å²) in [7, 11) is 0. The van der Waals surface area contributed by atoms with Crippen molar-refractivity contribution >= 4 is 23.6 Å². The second-order valence-electron chi connectivity index (χ2n) is 7.81. The number of pyridine rings is 1. The van der Waals surface area contributed by atoms with Crippen molar-refractivity contribution in [1.29, 1.82) is 0 Å². The molecule has 2 heterocycles. The Morgan fingerprint density at radius 1 is 1.10 bits per heavy atom. The number of carbonyl (C=O) groups is 1. The van der Waals surface area contributed by atoms with Crippen LogP contribution in [0.15, 0.2) is 66.9 Å². The van der Waals surface area contributed by atoms with Crippen molar-refractivity contribution in [3.05, 3.63) is 94.5 Å². The Labute approximate surface area is 179 Å². The average Bonchev–Trinajstić information content (AvgIpc) is 3.12. The molecule has 3 atom stereocenters. The highest BCUT2D eigenvalue weighted by molar-refractivity contribution is 6.30. The number of esters is 1. The van der Waals surface area contributed by atoms with Gasteiger partial charge in [-0.3, -0.25) is 9.78 Å². The number of halogens is 2. The van der Waals surface area contributed by atoms with Crippen LogP contribution in [0.25, 0.3) is 17.2 Å². The first-order valence-electron chi connectivity index (χ1n) is 9.93. The molecule has 2 aliphatic rings. The molecule has 0 unspecified atom stereocenters. The van der Waals surface area contributed by atoms with Gasteiger partial charge in [0.25, 0.3) is 0 Å². The fraction of sp³-hybridized carbons (Fsp3) is 0.200. The Kier molecular flexibility index (Phi) is 4.87. The zero-order chi connectivity index (χ0) is 20.7. The second kappa shape index (κ2) is 7.69. The number of ether oxygens (including phenoxy) is 1. The van der Waals surface area contributed by atoms with Crippen molar-refractivity contribution in [2.75, 3.05) is 6.61 Å². The summed E-state index contributed by atoms with van der Waals surface area (Å²) in [6, 6.07) is 16.5. The van der Waals surface area contributed by atoms with Crippen LogP contribution in [0.5, 0.6) is 0 Å². The van der Waals surface area contributed by atoms with E-state index in [0.29, 0.717) is 18.1 Å².